The topological polar surface area (TPSA) is 29.5 Å². The van der Waals surface area contributed by atoms with Crippen LogP contribution in [0.2, 0.25) is 5.02 Å². The highest BCUT2D eigenvalue weighted by molar-refractivity contribution is 6.30. The van der Waals surface area contributed by atoms with E-state index in [0.29, 0.717) is 18.1 Å². The molecule has 3 heteroatoms. The Morgan fingerprint density at radius 3 is 2.20 bits per heavy atom. The Bertz CT molecular complexity index is 544. The zero-order chi connectivity index (χ0) is 14.6. The predicted molar refractivity (Wildman–Crippen MR) is 82.3 cm³/mol. The summed E-state index contributed by atoms with van der Waals surface area (Å²) in [7, 11) is 0. The van der Waals surface area contributed by atoms with Gasteiger partial charge >= 0.3 is 0 Å². The van der Waals surface area contributed by atoms with Crippen LogP contribution in [-0.4, -0.2) is 11.7 Å². The molecule has 0 fully saturated rings. The lowest BCUT2D eigenvalue weighted by atomic mass is 9.89. The van der Waals surface area contributed by atoms with Gasteiger partial charge in [0.25, 0.3) is 0 Å². The molecule has 106 valence electrons. The maximum Gasteiger partial charge on any atom is 0.119 e. The smallest absolute Gasteiger partial charge is 0.119 e. The van der Waals surface area contributed by atoms with Gasteiger partial charge in [0.1, 0.15) is 5.75 Å². The number of hydrogen-bond acceptors (Lipinski definition) is 2. The van der Waals surface area contributed by atoms with Crippen molar-refractivity contribution in [3.63, 3.8) is 0 Å². The van der Waals surface area contributed by atoms with Gasteiger partial charge in [-0.3, -0.25) is 0 Å². The second-order valence-corrected chi connectivity index (χ2v) is 5.47. The molecule has 1 atom stereocenters. The molecular formula is C17H19ClO2. The number of rotatable bonds is 5. The summed E-state index contributed by atoms with van der Waals surface area (Å²) in [5, 5.41) is 11.4. The fourth-order valence-corrected chi connectivity index (χ4v) is 2.30. The molecule has 0 saturated heterocycles. The van der Waals surface area contributed by atoms with E-state index < -0.39 is 5.60 Å². The van der Waals surface area contributed by atoms with Crippen molar-refractivity contribution in [2.24, 2.45) is 0 Å². The van der Waals surface area contributed by atoms with Crippen LogP contribution in [0.15, 0.2) is 48.5 Å². The van der Waals surface area contributed by atoms with Gasteiger partial charge < -0.3 is 9.84 Å². The van der Waals surface area contributed by atoms with E-state index in [-0.39, 0.29) is 0 Å². The third kappa shape index (κ3) is 3.75. The zero-order valence-electron chi connectivity index (χ0n) is 11.8. The Balaban J connectivity index is 2.14. The van der Waals surface area contributed by atoms with Gasteiger partial charge in [0.2, 0.25) is 0 Å². The van der Waals surface area contributed by atoms with Crippen LogP contribution in [0.3, 0.4) is 0 Å². The fourth-order valence-electron chi connectivity index (χ4n) is 2.18. The minimum atomic E-state index is -0.918. The molecule has 0 aromatic heterocycles. The largest absolute Gasteiger partial charge is 0.494 e. The van der Waals surface area contributed by atoms with Crippen molar-refractivity contribution in [2.75, 3.05) is 6.61 Å². The molecule has 0 aliphatic carbocycles. The maximum absolute atomic E-state index is 10.7. The highest BCUT2D eigenvalue weighted by Gasteiger charge is 2.23. The number of benzene rings is 2. The molecule has 20 heavy (non-hydrogen) atoms. The average molecular weight is 291 g/mol. The molecule has 2 aromatic carbocycles. The number of ether oxygens (including phenoxy) is 1. The summed E-state index contributed by atoms with van der Waals surface area (Å²) in [5.74, 6) is 0.818. The predicted octanol–water partition coefficient (Wildman–Crippen LogP) is 4.19. The quantitative estimate of drug-likeness (QED) is 0.895. The molecular weight excluding hydrogens is 272 g/mol. The second-order valence-electron chi connectivity index (χ2n) is 5.03. The molecule has 0 bridgehead atoms. The molecule has 0 heterocycles. The molecule has 0 amide bonds. The monoisotopic (exact) mass is 290 g/mol. The summed E-state index contributed by atoms with van der Waals surface area (Å²) in [6.45, 7) is 4.41. The van der Waals surface area contributed by atoms with Crippen molar-refractivity contribution in [3.8, 4) is 5.75 Å². The van der Waals surface area contributed by atoms with Crippen LogP contribution < -0.4 is 4.74 Å². The maximum atomic E-state index is 10.7. The average Bonchev–Trinajstić information content (AvgIpc) is 2.42. The lowest BCUT2D eigenvalue weighted by Gasteiger charge is -2.24. The summed E-state index contributed by atoms with van der Waals surface area (Å²) in [6.07, 6.45) is 0.540. The van der Waals surface area contributed by atoms with Gasteiger partial charge in [0, 0.05) is 11.4 Å². The summed E-state index contributed by atoms with van der Waals surface area (Å²) < 4.78 is 5.41. The van der Waals surface area contributed by atoms with E-state index in [1.807, 2.05) is 62.4 Å². The van der Waals surface area contributed by atoms with Gasteiger partial charge in [-0.25, -0.2) is 0 Å². The van der Waals surface area contributed by atoms with Gasteiger partial charge in [-0.1, -0.05) is 35.9 Å². The van der Waals surface area contributed by atoms with Crippen LogP contribution >= 0.6 is 11.6 Å². The number of hydrogen-bond donors (Lipinski definition) is 1. The first kappa shape index (κ1) is 14.9. The van der Waals surface area contributed by atoms with E-state index >= 15 is 0 Å². The Labute approximate surface area is 125 Å². The SMILES string of the molecule is CCOc1ccc(C(C)(O)Cc2ccc(Cl)cc2)cc1. The molecule has 1 N–H and O–H groups in total. The van der Waals surface area contributed by atoms with Gasteiger partial charge in [-0.2, -0.15) is 0 Å². The van der Waals surface area contributed by atoms with Gasteiger partial charge in [0.05, 0.1) is 12.2 Å². The minimum Gasteiger partial charge on any atom is -0.494 e. The number of halogens is 1. The van der Waals surface area contributed by atoms with E-state index in [2.05, 4.69) is 0 Å². The highest BCUT2D eigenvalue weighted by Crippen LogP contribution is 2.27. The third-order valence-corrected chi connectivity index (χ3v) is 3.50. The van der Waals surface area contributed by atoms with Crippen LogP contribution in [0.25, 0.3) is 0 Å². The first-order valence-corrected chi connectivity index (χ1v) is 7.09. The molecule has 0 spiro atoms. The molecule has 2 aromatic rings. The van der Waals surface area contributed by atoms with Crippen molar-refractivity contribution >= 4 is 11.6 Å². The van der Waals surface area contributed by atoms with Crippen LogP contribution in [0.1, 0.15) is 25.0 Å². The summed E-state index contributed by atoms with van der Waals surface area (Å²) in [6, 6.07) is 15.1. The number of aliphatic hydroxyl groups is 1. The van der Waals surface area contributed by atoms with Crippen molar-refractivity contribution in [3.05, 3.63) is 64.7 Å². The lowest BCUT2D eigenvalue weighted by molar-refractivity contribution is 0.0576. The Hall–Kier alpha value is -1.51. The normalized spacial score (nSPS) is 13.8. The second kappa shape index (κ2) is 6.29. The third-order valence-electron chi connectivity index (χ3n) is 3.25. The van der Waals surface area contributed by atoms with Crippen LogP contribution in [0.5, 0.6) is 5.75 Å². The molecule has 0 aliphatic rings. The van der Waals surface area contributed by atoms with Gasteiger partial charge in [-0.15, -0.1) is 0 Å². The van der Waals surface area contributed by atoms with Gasteiger partial charge in [0.15, 0.2) is 0 Å². The molecule has 0 saturated carbocycles. The molecule has 2 nitrogen and oxygen atoms in total. The summed E-state index contributed by atoms with van der Waals surface area (Å²) >= 11 is 5.87. The first-order valence-electron chi connectivity index (χ1n) is 6.71. The van der Waals surface area contributed by atoms with Crippen LogP contribution in [0.4, 0.5) is 0 Å². The standard InChI is InChI=1S/C17H19ClO2/c1-3-20-16-10-6-14(7-11-16)17(2,19)12-13-4-8-15(18)9-5-13/h4-11,19H,3,12H2,1-2H3. The van der Waals surface area contributed by atoms with Crippen molar-refractivity contribution in [1.29, 1.82) is 0 Å². The van der Waals surface area contributed by atoms with Crippen molar-refractivity contribution in [2.45, 2.75) is 25.9 Å². The summed E-state index contributed by atoms with van der Waals surface area (Å²) in [4.78, 5) is 0. The van der Waals surface area contributed by atoms with E-state index in [1.54, 1.807) is 0 Å². The molecule has 0 radical (unpaired) electrons. The molecule has 0 aliphatic heterocycles. The molecule has 2 rings (SSSR count). The Kier molecular flexibility index (Phi) is 4.69. The highest BCUT2D eigenvalue weighted by atomic mass is 35.5. The van der Waals surface area contributed by atoms with E-state index in [1.165, 1.54) is 0 Å². The van der Waals surface area contributed by atoms with Crippen LogP contribution in [-0.2, 0) is 12.0 Å². The van der Waals surface area contributed by atoms with E-state index in [0.717, 1.165) is 16.9 Å². The van der Waals surface area contributed by atoms with Crippen molar-refractivity contribution < 1.29 is 9.84 Å². The van der Waals surface area contributed by atoms with Crippen LogP contribution in [0, 0.1) is 0 Å². The zero-order valence-corrected chi connectivity index (χ0v) is 12.5. The Morgan fingerprint density at radius 2 is 1.65 bits per heavy atom. The first-order chi connectivity index (χ1) is 9.51. The van der Waals surface area contributed by atoms with E-state index in [9.17, 15) is 5.11 Å². The fraction of sp³-hybridized carbons (Fsp3) is 0.294. The van der Waals surface area contributed by atoms with E-state index in [4.69, 9.17) is 16.3 Å². The summed E-state index contributed by atoms with van der Waals surface area (Å²) in [5.41, 5.74) is 1.00. The van der Waals surface area contributed by atoms with Gasteiger partial charge in [-0.05, 0) is 49.2 Å². The Morgan fingerprint density at radius 1 is 1.05 bits per heavy atom. The molecule has 1 unspecified atom stereocenters. The lowest BCUT2D eigenvalue weighted by Crippen LogP contribution is -2.24. The minimum absolute atomic E-state index is 0.540. The van der Waals surface area contributed by atoms with Crippen molar-refractivity contribution in [1.82, 2.24) is 0 Å².